The molecule has 1 aromatic carbocycles. The molecule has 1 spiro atoms. The number of ether oxygens (including phenoxy) is 2. The second kappa shape index (κ2) is 6.94. The van der Waals surface area contributed by atoms with Crippen LogP contribution in [0.4, 0.5) is 0 Å². The SMILES string of the molecule is C[C@H]1CCC[C@]2(C)C[C@H]3OC(=O)[C@H](C[NH+](C)C[C@@H](O)c4ccc(O)cc4)[C@H]3[C@@H]3O[C@@]132. The summed E-state index contributed by atoms with van der Waals surface area (Å²) < 4.78 is 12.4. The Balaban J connectivity index is 1.29. The fourth-order valence-electron chi connectivity index (χ4n) is 7.07. The molecule has 3 N–H and O–H groups in total. The number of carbonyl (C=O) groups is 1. The maximum atomic E-state index is 12.8. The van der Waals surface area contributed by atoms with E-state index in [0.717, 1.165) is 23.3 Å². The van der Waals surface area contributed by atoms with E-state index < -0.39 is 6.10 Å². The van der Waals surface area contributed by atoms with Crippen molar-refractivity contribution in [3.05, 3.63) is 29.8 Å². The van der Waals surface area contributed by atoms with Crippen LogP contribution in [-0.2, 0) is 14.3 Å². The van der Waals surface area contributed by atoms with Gasteiger partial charge in [0.15, 0.2) is 0 Å². The number of nitrogens with one attached hydrogen (secondary N) is 1. The van der Waals surface area contributed by atoms with E-state index in [2.05, 4.69) is 13.8 Å². The highest BCUT2D eigenvalue weighted by Gasteiger charge is 2.78. The number of epoxide rings is 1. The number of hydrogen-bond acceptors (Lipinski definition) is 5. The monoisotopic (exact) mass is 416 g/mol. The Morgan fingerprint density at radius 1 is 1.30 bits per heavy atom. The molecule has 5 rings (SSSR count). The molecule has 2 saturated carbocycles. The molecule has 2 aliphatic heterocycles. The first-order chi connectivity index (χ1) is 14.2. The van der Waals surface area contributed by atoms with E-state index in [4.69, 9.17) is 9.47 Å². The van der Waals surface area contributed by atoms with Gasteiger partial charge in [0.05, 0.1) is 19.7 Å². The Bertz CT molecular complexity index is 827. The van der Waals surface area contributed by atoms with E-state index in [9.17, 15) is 15.0 Å². The molecule has 6 heteroatoms. The number of aromatic hydroxyl groups is 1. The minimum atomic E-state index is -0.643. The van der Waals surface area contributed by atoms with Crippen LogP contribution in [0.2, 0.25) is 0 Å². The third-order valence-corrected chi connectivity index (χ3v) is 8.58. The van der Waals surface area contributed by atoms with Crippen LogP contribution in [0.3, 0.4) is 0 Å². The van der Waals surface area contributed by atoms with E-state index in [1.807, 2.05) is 7.05 Å². The average Bonchev–Trinajstić information content (AvgIpc) is 3.37. The van der Waals surface area contributed by atoms with Gasteiger partial charge in [0.2, 0.25) is 0 Å². The van der Waals surface area contributed by atoms with Gasteiger partial charge in [-0.25, -0.2) is 0 Å². The summed E-state index contributed by atoms with van der Waals surface area (Å²) in [4.78, 5) is 13.9. The highest BCUT2D eigenvalue weighted by atomic mass is 16.6. The van der Waals surface area contributed by atoms with Crippen molar-refractivity contribution >= 4 is 5.97 Å². The molecule has 0 aromatic heterocycles. The van der Waals surface area contributed by atoms with Crippen LogP contribution in [0, 0.1) is 23.2 Å². The van der Waals surface area contributed by atoms with Crippen molar-refractivity contribution in [2.75, 3.05) is 20.1 Å². The van der Waals surface area contributed by atoms with Gasteiger partial charge in [-0.1, -0.05) is 32.4 Å². The Hall–Kier alpha value is -1.63. The summed E-state index contributed by atoms with van der Waals surface area (Å²) >= 11 is 0. The number of phenolic OH excluding ortho intramolecular Hbond substituents is 1. The van der Waals surface area contributed by atoms with E-state index in [1.54, 1.807) is 24.3 Å². The zero-order chi connectivity index (χ0) is 21.3. The average molecular weight is 417 g/mol. The third kappa shape index (κ3) is 2.91. The second-order valence-corrected chi connectivity index (χ2v) is 10.5. The van der Waals surface area contributed by atoms with Crippen molar-refractivity contribution in [3.63, 3.8) is 0 Å². The molecule has 4 aliphatic rings. The van der Waals surface area contributed by atoms with Gasteiger partial charge in [-0.05, 0) is 42.9 Å². The normalized spacial score (nSPS) is 43.7. The van der Waals surface area contributed by atoms with Crippen LogP contribution in [0.5, 0.6) is 5.75 Å². The number of quaternary nitrogens is 1. The smallest absolute Gasteiger partial charge is 0.315 e. The molecule has 0 amide bonds. The van der Waals surface area contributed by atoms with Crippen LogP contribution in [0.25, 0.3) is 0 Å². The van der Waals surface area contributed by atoms with Crippen LogP contribution >= 0.6 is 0 Å². The van der Waals surface area contributed by atoms with Crippen molar-refractivity contribution in [2.45, 2.75) is 63.4 Å². The van der Waals surface area contributed by atoms with E-state index >= 15 is 0 Å². The van der Waals surface area contributed by atoms with Crippen LogP contribution in [0.15, 0.2) is 24.3 Å². The lowest BCUT2D eigenvalue weighted by Crippen LogP contribution is -3.10. The van der Waals surface area contributed by atoms with Crippen molar-refractivity contribution in [1.82, 2.24) is 0 Å². The molecular weight excluding hydrogens is 382 g/mol. The van der Waals surface area contributed by atoms with E-state index in [0.29, 0.717) is 19.0 Å². The summed E-state index contributed by atoms with van der Waals surface area (Å²) in [5.74, 6) is 0.576. The zero-order valence-corrected chi connectivity index (χ0v) is 18.1. The van der Waals surface area contributed by atoms with Crippen LogP contribution in [0.1, 0.15) is 51.2 Å². The Kier molecular flexibility index (Phi) is 4.69. The molecule has 6 nitrogen and oxygen atoms in total. The molecule has 164 valence electrons. The van der Waals surface area contributed by atoms with Gasteiger partial charge in [0, 0.05) is 11.3 Å². The summed E-state index contributed by atoms with van der Waals surface area (Å²) in [7, 11) is 2.02. The molecule has 1 unspecified atom stereocenters. The first-order valence-corrected chi connectivity index (χ1v) is 11.4. The fourth-order valence-corrected chi connectivity index (χ4v) is 7.07. The summed E-state index contributed by atoms with van der Waals surface area (Å²) in [5.41, 5.74) is 0.811. The van der Waals surface area contributed by atoms with Gasteiger partial charge >= 0.3 is 5.97 Å². The molecule has 4 fully saturated rings. The lowest BCUT2D eigenvalue weighted by atomic mass is 9.53. The van der Waals surface area contributed by atoms with Gasteiger partial charge in [-0.3, -0.25) is 4.79 Å². The lowest BCUT2D eigenvalue weighted by molar-refractivity contribution is -0.886. The summed E-state index contributed by atoms with van der Waals surface area (Å²) in [6.07, 6.45) is 3.95. The zero-order valence-electron chi connectivity index (χ0n) is 18.1. The number of esters is 1. The van der Waals surface area contributed by atoms with Gasteiger partial charge in [0.25, 0.3) is 0 Å². The molecular formula is C24H34NO5+. The van der Waals surface area contributed by atoms with Gasteiger partial charge < -0.3 is 24.6 Å². The Morgan fingerprint density at radius 3 is 2.77 bits per heavy atom. The van der Waals surface area contributed by atoms with E-state index in [1.165, 1.54) is 12.8 Å². The summed E-state index contributed by atoms with van der Waals surface area (Å²) in [6, 6.07) is 6.64. The van der Waals surface area contributed by atoms with Crippen LogP contribution < -0.4 is 4.90 Å². The molecule has 2 aliphatic carbocycles. The number of hydrogen-bond donors (Lipinski definition) is 3. The number of carbonyl (C=O) groups excluding carboxylic acids is 1. The molecule has 0 radical (unpaired) electrons. The second-order valence-electron chi connectivity index (χ2n) is 10.5. The molecule has 30 heavy (non-hydrogen) atoms. The summed E-state index contributed by atoms with van der Waals surface area (Å²) in [6.45, 7) is 5.79. The van der Waals surface area contributed by atoms with Gasteiger partial charge in [-0.15, -0.1) is 0 Å². The number of aliphatic hydroxyl groups is 1. The summed E-state index contributed by atoms with van der Waals surface area (Å²) in [5, 5.41) is 20.0. The maximum Gasteiger partial charge on any atom is 0.315 e. The number of benzene rings is 1. The molecule has 0 bridgehead atoms. The Morgan fingerprint density at radius 2 is 2.03 bits per heavy atom. The standard InChI is InChI=1S/C24H33NO5/c1-14-5-4-10-23(2)11-19-20(21-24(14,23)30-21)17(22(28)29-19)12-25(3)13-18(27)15-6-8-16(26)9-7-15/h6-9,14,17-21,26-27H,4-5,10-13H2,1-3H3/p+1/t14-,17+,18+,19+,20+,21-,23+,24-/m0/s1. The first-order valence-electron chi connectivity index (χ1n) is 11.4. The van der Waals surface area contributed by atoms with Crippen LogP contribution in [-0.4, -0.2) is 54.1 Å². The minimum absolute atomic E-state index is 0.0340. The van der Waals surface area contributed by atoms with Crippen molar-refractivity contribution in [1.29, 1.82) is 0 Å². The number of aliphatic hydroxyl groups excluding tert-OH is 1. The molecule has 2 heterocycles. The van der Waals surface area contributed by atoms with Crippen molar-refractivity contribution < 1.29 is 29.4 Å². The van der Waals surface area contributed by atoms with Gasteiger partial charge in [0.1, 0.15) is 36.0 Å². The Labute approximate surface area is 178 Å². The molecule has 2 saturated heterocycles. The molecule has 9 atom stereocenters. The highest BCUT2D eigenvalue weighted by molar-refractivity contribution is 5.76. The number of phenols is 1. The third-order valence-electron chi connectivity index (χ3n) is 8.58. The topological polar surface area (TPSA) is 83.7 Å². The number of rotatable bonds is 5. The largest absolute Gasteiger partial charge is 0.508 e. The highest BCUT2D eigenvalue weighted by Crippen LogP contribution is 2.70. The lowest BCUT2D eigenvalue weighted by Gasteiger charge is -2.48. The number of fused-ring (bicyclic) bond motifs is 2. The number of likely N-dealkylation sites (N-methyl/N-ethyl adjacent to an activating group) is 1. The van der Waals surface area contributed by atoms with Crippen molar-refractivity contribution in [2.24, 2.45) is 23.2 Å². The van der Waals surface area contributed by atoms with E-state index in [-0.39, 0.29) is 46.8 Å². The maximum absolute atomic E-state index is 12.8. The predicted octanol–water partition coefficient (Wildman–Crippen LogP) is 1.47. The fraction of sp³-hybridized carbons (Fsp3) is 0.708. The van der Waals surface area contributed by atoms with Crippen molar-refractivity contribution in [3.8, 4) is 5.75 Å². The first kappa shape index (κ1) is 20.3. The minimum Gasteiger partial charge on any atom is -0.508 e. The van der Waals surface area contributed by atoms with Gasteiger partial charge in [-0.2, -0.15) is 0 Å². The quantitative estimate of drug-likeness (QED) is 0.500. The predicted molar refractivity (Wildman–Crippen MR) is 110 cm³/mol. The molecule has 1 aromatic rings.